The van der Waals surface area contributed by atoms with Crippen molar-refractivity contribution >= 4 is 26.0 Å². The minimum atomic E-state index is -2.70. The third-order valence-electron chi connectivity index (χ3n) is 1.52. The molecule has 0 aromatic heterocycles. The molecule has 0 fully saturated rings. The Morgan fingerprint density at radius 1 is 0.824 bits per heavy atom. The molecule has 8 heteroatoms. The zero-order valence-corrected chi connectivity index (χ0v) is 13.8. The van der Waals surface area contributed by atoms with Gasteiger partial charge in [-0.1, -0.05) is 0 Å². The fourth-order valence-electron chi connectivity index (χ4n) is 1.14. The molecule has 0 aliphatic heterocycles. The molecule has 1 atom stereocenters. The minimum absolute atomic E-state index is 0.471. The van der Waals surface area contributed by atoms with Crippen molar-refractivity contribution in [2.24, 2.45) is 4.52 Å². The Morgan fingerprint density at radius 3 is 1.47 bits per heavy atom. The average Bonchev–Trinajstić information content (AvgIpc) is 2.17. The van der Waals surface area contributed by atoms with Crippen molar-refractivity contribution in [2.75, 3.05) is 33.1 Å². The van der Waals surface area contributed by atoms with Crippen LogP contribution in [-0.2, 0) is 29.9 Å². The maximum atomic E-state index is 5.57. The Hall–Kier alpha value is 0.720. The van der Waals surface area contributed by atoms with Gasteiger partial charge in [0.25, 0.3) is 0 Å². The molecule has 5 nitrogen and oxygen atoms in total. The van der Waals surface area contributed by atoms with E-state index in [2.05, 4.69) is 4.52 Å². The summed E-state index contributed by atoms with van der Waals surface area (Å²) >= 11 is 5.34. The van der Waals surface area contributed by atoms with Gasteiger partial charge in [0.1, 0.15) is 0 Å². The van der Waals surface area contributed by atoms with Gasteiger partial charge in [-0.3, -0.25) is 0 Å². The van der Waals surface area contributed by atoms with Gasteiger partial charge in [0.2, 0.25) is 0 Å². The van der Waals surface area contributed by atoms with Gasteiger partial charge in [-0.2, -0.15) is 4.52 Å². The summed E-state index contributed by atoms with van der Waals surface area (Å²) in [5.74, 6) is 0. The Kier molecular flexibility index (Phi) is 9.13. The van der Waals surface area contributed by atoms with Crippen LogP contribution in [0.4, 0.5) is 0 Å². The molecular formula is C9H23NO4P2S. The quantitative estimate of drug-likeness (QED) is 0.602. The summed E-state index contributed by atoms with van der Waals surface area (Å²) in [5, 5.41) is 0. The number of rotatable bonds is 9. The lowest BCUT2D eigenvalue weighted by molar-refractivity contribution is 0.164. The van der Waals surface area contributed by atoms with Crippen molar-refractivity contribution in [1.82, 2.24) is 0 Å². The van der Waals surface area contributed by atoms with E-state index in [1.54, 1.807) is 6.66 Å². The SMILES string of the molecule is CCOP(C)(=S)N=P(OCC)(OCC)OCC. The van der Waals surface area contributed by atoms with E-state index in [0.29, 0.717) is 26.4 Å². The molecular weight excluding hydrogens is 280 g/mol. The molecule has 0 spiro atoms. The lowest BCUT2D eigenvalue weighted by atomic mass is 10.9. The Labute approximate surface area is 110 Å². The predicted octanol–water partition coefficient (Wildman–Crippen LogP) is 4.02. The van der Waals surface area contributed by atoms with Crippen LogP contribution in [0.2, 0.25) is 0 Å². The average molecular weight is 303 g/mol. The van der Waals surface area contributed by atoms with E-state index in [1.165, 1.54) is 0 Å². The van der Waals surface area contributed by atoms with Crippen LogP contribution in [0, 0.1) is 0 Å². The van der Waals surface area contributed by atoms with Crippen molar-refractivity contribution in [2.45, 2.75) is 27.7 Å². The molecule has 0 radical (unpaired) electrons. The van der Waals surface area contributed by atoms with E-state index in [4.69, 9.17) is 29.9 Å². The molecule has 0 aromatic rings. The molecule has 0 saturated heterocycles. The van der Waals surface area contributed by atoms with Gasteiger partial charge in [0, 0.05) is 6.66 Å². The first-order chi connectivity index (χ1) is 7.95. The highest BCUT2D eigenvalue weighted by atomic mass is 32.4. The molecule has 104 valence electrons. The van der Waals surface area contributed by atoms with Gasteiger partial charge in [-0.15, -0.1) is 0 Å². The Morgan fingerprint density at radius 2 is 1.18 bits per heavy atom. The maximum absolute atomic E-state index is 5.57. The lowest BCUT2D eigenvalue weighted by Gasteiger charge is -2.24. The first-order valence-electron chi connectivity index (χ1n) is 5.74. The van der Waals surface area contributed by atoms with Crippen LogP contribution in [0.5, 0.6) is 0 Å². The van der Waals surface area contributed by atoms with Crippen molar-refractivity contribution in [3.05, 3.63) is 0 Å². The first kappa shape index (κ1) is 17.7. The van der Waals surface area contributed by atoms with Crippen molar-refractivity contribution in [3.8, 4) is 0 Å². The van der Waals surface area contributed by atoms with Crippen LogP contribution in [-0.4, -0.2) is 33.1 Å². The van der Waals surface area contributed by atoms with E-state index in [-0.39, 0.29) is 0 Å². The summed E-state index contributed by atoms with van der Waals surface area (Å²) < 4.78 is 26.6. The lowest BCUT2D eigenvalue weighted by Crippen LogP contribution is -2.01. The number of hydrogen-bond donors (Lipinski definition) is 0. The zero-order valence-electron chi connectivity index (χ0n) is 11.2. The molecule has 0 N–H and O–H groups in total. The van der Waals surface area contributed by atoms with Crippen LogP contribution in [0.25, 0.3) is 0 Å². The van der Waals surface area contributed by atoms with E-state index in [0.717, 1.165) is 0 Å². The predicted molar refractivity (Wildman–Crippen MR) is 76.1 cm³/mol. The highest BCUT2D eigenvalue weighted by molar-refractivity contribution is 8.12. The summed E-state index contributed by atoms with van der Waals surface area (Å²) in [4.78, 5) is 0. The third kappa shape index (κ3) is 7.02. The smallest absolute Gasteiger partial charge is 0.333 e. The minimum Gasteiger partial charge on any atom is -0.333 e. The summed E-state index contributed by atoms with van der Waals surface area (Å²) in [6, 6.07) is 0. The second-order valence-corrected chi connectivity index (χ2v) is 9.36. The summed E-state index contributed by atoms with van der Waals surface area (Å²) in [7, 11) is -2.70. The summed E-state index contributed by atoms with van der Waals surface area (Å²) in [5.41, 5.74) is 0. The fourth-order valence-corrected chi connectivity index (χ4v) is 6.36. The molecule has 0 rings (SSSR count). The summed E-state index contributed by atoms with van der Waals surface area (Å²) in [6.07, 6.45) is -2.27. The van der Waals surface area contributed by atoms with E-state index >= 15 is 0 Å². The zero-order chi connectivity index (χ0) is 13.4. The van der Waals surface area contributed by atoms with E-state index < -0.39 is 14.2 Å². The molecule has 0 aliphatic carbocycles. The van der Waals surface area contributed by atoms with Gasteiger partial charge in [-0.05, 0) is 39.5 Å². The summed E-state index contributed by atoms with van der Waals surface area (Å²) in [6.45, 7) is 11.3. The monoisotopic (exact) mass is 303 g/mol. The van der Waals surface area contributed by atoms with Crippen LogP contribution < -0.4 is 0 Å². The van der Waals surface area contributed by atoms with E-state index in [9.17, 15) is 0 Å². The Bertz CT molecular complexity index is 288. The number of nitrogens with zero attached hydrogens (tertiary/aromatic N) is 1. The second-order valence-electron chi connectivity index (χ2n) is 3.03. The van der Waals surface area contributed by atoms with Gasteiger partial charge in [0.15, 0.2) is 6.42 Å². The topological polar surface area (TPSA) is 49.3 Å². The highest BCUT2D eigenvalue weighted by Gasteiger charge is 2.26. The van der Waals surface area contributed by atoms with Gasteiger partial charge < -0.3 is 18.1 Å². The van der Waals surface area contributed by atoms with E-state index in [1.807, 2.05) is 27.7 Å². The van der Waals surface area contributed by atoms with Crippen molar-refractivity contribution in [1.29, 1.82) is 0 Å². The standard InChI is InChI=1S/C9H23NO4P2S/c1-6-11-15(5,17)10-16(12-7-2,13-8-3)14-9-4/h6-9H2,1-5H3. The number of hydrogen-bond acceptors (Lipinski definition) is 5. The van der Waals surface area contributed by atoms with Crippen molar-refractivity contribution in [3.63, 3.8) is 0 Å². The van der Waals surface area contributed by atoms with Crippen LogP contribution in [0.3, 0.4) is 0 Å². The van der Waals surface area contributed by atoms with Crippen molar-refractivity contribution < 1.29 is 18.1 Å². The second kappa shape index (κ2) is 8.76. The van der Waals surface area contributed by atoms with Gasteiger partial charge in [0.05, 0.1) is 26.4 Å². The molecule has 0 bridgehead atoms. The molecule has 1 unspecified atom stereocenters. The Balaban J connectivity index is 5.22. The van der Waals surface area contributed by atoms with Crippen LogP contribution >= 0.6 is 14.2 Å². The molecule has 0 aromatic carbocycles. The molecule has 0 saturated carbocycles. The molecule has 17 heavy (non-hydrogen) atoms. The van der Waals surface area contributed by atoms with Crippen LogP contribution in [0.1, 0.15) is 27.7 Å². The third-order valence-corrected chi connectivity index (χ3v) is 7.16. The van der Waals surface area contributed by atoms with Gasteiger partial charge in [-0.25, -0.2) is 0 Å². The molecule has 0 heterocycles. The molecule has 0 amide bonds. The highest BCUT2D eigenvalue weighted by Crippen LogP contribution is 2.63. The molecule has 0 aliphatic rings. The fraction of sp³-hybridized carbons (Fsp3) is 1.00. The largest absolute Gasteiger partial charge is 0.361 e. The first-order valence-corrected chi connectivity index (χ1v) is 10.4. The normalized spacial score (nSPS) is 15.6. The van der Waals surface area contributed by atoms with Crippen LogP contribution in [0.15, 0.2) is 4.52 Å². The van der Waals surface area contributed by atoms with Gasteiger partial charge >= 0.3 is 7.74 Å². The maximum Gasteiger partial charge on any atom is 0.361 e.